The summed E-state index contributed by atoms with van der Waals surface area (Å²) in [6.45, 7) is 7.03. The second kappa shape index (κ2) is 11.6. The van der Waals surface area contributed by atoms with Crippen LogP contribution in [0, 0.1) is 5.92 Å². The van der Waals surface area contributed by atoms with Crippen molar-refractivity contribution in [3.05, 3.63) is 0 Å². The maximum atomic E-state index is 5.59. The lowest BCUT2D eigenvalue weighted by Gasteiger charge is -2.29. The van der Waals surface area contributed by atoms with Crippen LogP contribution in [0.2, 0.25) is 0 Å². The first-order chi connectivity index (χ1) is 9.34. The molecule has 1 saturated carbocycles. The Labute approximate surface area is 118 Å². The molecule has 1 aliphatic carbocycles. The van der Waals surface area contributed by atoms with E-state index in [9.17, 15) is 0 Å². The molecule has 19 heavy (non-hydrogen) atoms. The molecule has 2 unspecified atom stereocenters. The lowest BCUT2D eigenvalue weighted by atomic mass is 9.86. The summed E-state index contributed by atoms with van der Waals surface area (Å²) in [5, 5.41) is 3.62. The number of hydrogen-bond donors (Lipinski definition) is 1. The molecule has 1 rings (SSSR count). The Hall–Kier alpha value is -0.160. The van der Waals surface area contributed by atoms with Crippen LogP contribution in [0.25, 0.3) is 0 Å². The number of rotatable bonds is 11. The first-order valence-electron chi connectivity index (χ1n) is 7.72. The first kappa shape index (κ1) is 16.9. The van der Waals surface area contributed by atoms with E-state index in [2.05, 4.69) is 12.2 Å². The Morgan fingerprint density at radius 3 is 2.42 bits per heavy atom. The molecular formula is C15H31NO3. The Kier molecular flexibility index (Phi) is 10.4. The van der Waals surface area contributed by atoms with Gasteiger partial charge in [0, 0.05) is 32.9 Å². The van der Waals surface area contributed by atoms with Crippen LogP contribution in [0.4, 0.5) is 0 Å². The summed E-state index contributed by atoms with van der Waals surface area (Å²) in [4.78, 5) is 0. The van der Waals surface area contributed by atoms with Crippen molar-refractivity contribution in [1.29, 1.82) is 0 Å². The number of nitrogens with one attached hydrogen (secondary N) is 1. The highest BCUT2D eigenvalue weighted by molar-refractivity contribution is 4.77. The van der Waals surface area contributed by atoms with Crippen LogP contribution >= 0.6 is 0 Å². The van der Waals surface area contributed by atoms with Crippen molar-refractivity contribution in [2.24, 2.45) is 5.92 Å². The molecule has 0 aliphatic heterocycles. The number of methoxy groups -OCH3 is 1. The van der Waals surface area contributed by atoms with Crippen LogP contribution in [-0.2, 0) is 14.2 Å². The minimum absolute atomic E-state index is 0.671. The zero-order valence-corrected chi connectivity index (χ0v) is 12.7. The van der Waals surface area contributed by atoms with E-state index in [-0.39, 0.29) is 0 Å². The molecule has 0 saturated heterocycles. The quantitative estimate of drug-likeness (QED) is 0.586. The molecule has 0 amide bonds. The molecule has 0 aromatic heterocycles. The van der Waals surface area contributed by atoms with Gasteiger partial charge < -0.3 is 19.5 Å². The summed E-state index contributed by atoms with van der Waals surface area (Å²) < 4.78 is 15.9. The molecule has 0 bridgehead atoms. The summed E-state index contributed by atoms with van der Waals surface area (Å²) in [5.41, 5.74) is 0. The minimum Gasteiger partial charge on any atom is -0.382 e. The van der Waals surface area contributed by atoms with E-state index < -0.39 is 0 Å². The molecular weight excluding hydrogens is 242 g/mol. The van der Waals surface area contributed by atoms with Crippen molar-refractivity contribution in [3.63, 3.8) is 0 Å². The normalized spacial score (nSPS) is 23.7. The van der Waals surface area contributed by atoms with Gasteiger partial charge >= 0.3 is 0 Å². The van der Waals surface area contributed by atoms with Gasteiger partial charge in [0.2, 0.25) is 0 Å². The fraction of sp³-hybridized carbons (Fsp3) is 1.00. The Morgan fingerprint density at radius 2 is 1.68 bits per heavy atom. The second-order valence-corrected chi connectivity index (χ2v) is 5.39. The average molecular weight is 273 g/mol. The molecule has 0 radical (unpaired) electrons. The van der Waals surface area contributed by atoms with E-state index in [0.717, 1.165) is 38.7 Å². The van der Waals surface area contributed by atoms with Crippen LogP contribution in [0.1, 0.15) is 39.0 Å². The zero-order valence-electron chi connectivity index (χ0n) is 12.7. The third-order valence-electron chi connectivity index (χ3n) is 3.77. The number of ether oxygens (including phenoxy) is 3. The van der Waals surface area contributed by atoms with Crippen molar-refractivity contribution >= 4 is 0 Å². The van der Waals surface area contributed by atoms with Crippen molar-refractivity contribution < 1.29 is 14.2 Å². The monoisotopic (exact) mass is 273 g/mol. The largest absolute Gasteiger partial charge is 0.382 e. The van der Waals surface area contributed by atoms with Crippen LogP contribution < -0.4 is 5.32 Å². The second-order valence-electron chi connectivity index (χ2n) is 5.39. The lowest BCUT2D eigenvalue weighted by Crippen LogP contribution is -2.39. The van der Waals surface area contributed by atoms with Crippen LogP contribution in [0.15, 0.2) is 0 Å². The van der Waals surface area contributed by atoms with Gasteiger partial charge in [-0.1, -0.05) is 19.8 Å². The summed E-state index contributed by atoms with van der Waals surface area (Å²) in [7, 11) is 1.69. The van der Waals surface area contributed by atoms with Gasteiger partial charge in [-0.3, -0.25) is 0 Å². The van der Waals surface area contributed by atoms with Gasteiger partial charge in [-0.05, 0) is 25.2 Å². The predicted octanol–water partition coefficient (Wildman–Crippen LogP) is 2.22. The molecule has 0 heterocycles. The van der Waals surface area contributed by atoms with Gasteiger partial charge in [-0.25, -0.2) is 0 Å². The van der Waals surface area contributed by atoms with Crippen LogP contribution in [-0.4, -0.2) is 52.7 Å². The SMILES string of the molecule is COCCOCCCOCCNC1CCCCC1C. The molecule has 4 heteroatoms. The van der Waals surface area contributed by atoms with Gasteiger partial charge in [0.1, 0.15) is 0 Å². The van der Waals surface area contributed by atoms with Gasteiger partial charge in [-0.15, -0.1) is 0 Å². The predicted molar refractivity (Wildman–Crippen MR) is 77.6 cm³/mol. The highest BCUT2D eigenvalue weighted by atomic mass is 16.5. The first-order valence-corrected chi connectivity index (χ1v) is 7.72. The van der Waals surface area contributed by atoms with Gasteiger partial charge in [-0.2, -0.15) is 0 Å². The van der Waals surface area contributed by atoms with Gasteiger partial charge in [0.05, 0.1) is 19.8 Å². The van der Waals surface area contributed by atoms with E-state index >= 15 is 0 Å². The van der Waals surface area contributed by atoms with E-state index in [1.807, 2.05) is 0 Å². The summed E-state index contributed by atoms with van der Waals surface area (Å²) in [6, 6.07) is 0.703. The molecule has 2 atom stereocenters. The van der Waals surface area contributed by atoms with E-state index in [1.165, 1.54) is 25.7 Å². The smallest absolute Gasteiger partial charge is 0.0700 e. The van der Waals surface area contributed by atoms with Crippen molar-refractivity contribution in [3.8, 4) is 0 Å². The maximum Gasteiger partial charge on any atom is 0.0700 e. The molecule has 0 spiro atoms. The van der Waals surface area contributed by atoms with E-state index in [0.29, 0.717) is 19.3 Å². The third-order valence-corrected chi connectivity index (χ3v) is 3.77. The standard InChI is InChI=1S/C15H31NO3/c1-14-6-3-4-7-15(14)16-8-11-18-9-5-10-19-13-12-17-2/h14-16H,3-13H2,1-2H3. The average Bonchev–Trinajstić information content (AvgIpc) is 2.43. The van der Waals surface area contributed by atoms with Crippen LogP contribution in [0.3, 0.4) is 0 Å². The molecule has 1 aliphatic rings. The topological polar surface area (TPSA) is 39.7 Å². The molecule has 114 valence electrons. The third kappa shape index (κ3) is 8.58. The summed E-state index contributed by atoms with van der Waals surface area (Å²) >= 11 is 0. The Morgan fingerprint density at radius 1 is 0.947 bits per heavy atom. The lowest BCUT2D eigenvalue weighted by molar-refractivity contribution is 0.0512. The fourth-order valence-corrected chi connectivity index (χ4v) is 2.55. The van der Waals surface area contributed by atoms with E-state index in [1.54, 1.807) is 7.11 Å². The maximum absolute atomic E-state index is 5.59. The molecule has 0 aromatic carbocycles. The van der Waals surface area contributed by atoms with Crippen molar-refractivity contribution in [2.75, 3.05) is 46.7 Å². The fourth-order valence-electron chi connectivity index (χ4n) is 2.55. The highest BCUT2D eigenvalue weighted by Crippen LogP contribution is 2.23. The molecule has 0 aromatic rings. The number of hydrogen-bond acceptors (Lipinski definition) is 4. The van der Waals surface area contributed by atoms with Gasteiger partial charge in [0.15, 0.2) is 0 Å². The van der Waals surface area contributed by atoms with Crippen molar-refractivity contribution in [1.82, 2.24) is 5.32 Å². The summed E-state index contributed by atoms with van der Waals surface area (Å²) in [5.74, 6) is 0.822. The van der Waals surface area contributed by atoms with Crippen molar-refractivity contribution in [2.45, 2.75) is 45.1 Å². The minimum atomic E-state index is 0.671. The molecule has 4 nitrogen and oxygen atoms in total. The highest BCUT2D eigenvalue weighted by Gasteiger charge is 2.19. The summed E-state index contributed by atoms with van der Waals surface area (Å²) in [6.07, 6.45) is 6.44. The van der Waals surface area contributed by atoms with Gasteiger partial charge in [0.25, 0.3) is 0 Å². The Balaban J connectivity index is 1.80. The Bertz CT molecular complexity index is 202. The van der Waals surface area contributed by atoms with E-state index in [4.69, 9.17) is 14.2 Å². The molecule has 1 fully saturated rings. The van der Waals surface area contributed by atoms with Crippen LogP contribution in [0.5, 0.6) is 0 Å². The molecule has 1 N–H and O–H groups in total. The zero-order chi connectivity index (χ0) is 13.8.